The highest BCUT2D eigenvalue weighted by molar-refractivity contribution is 5.21. The van der Waals surface area contributed by atoms with Crippen molar-refractivity contribution < 1.29 is 4.74 Å². The molecule has 2 atom stereocenters. The van der Waals surface area contributed by atoms with Crippen molar-refractivity contribution in [1.82, 2.24) is 10.2 Å². The van der Waals surface area contributed by atoms with Crippen LogP contribution in [0.1, 0.15) is 45.7 Å². The van der Waals surface area contributed by atoms with Crippen LogP contribution in [-0.4, -0.2) is 43.8 Å². The summed E-state index contributed by atoms with van der Waals surface area (Å²) < 4.78 is 5.30. The molecule has 2 unspecified atom stereocenters. The van der Waals surface area contributed by atoms with E-state index >= 15 is 0 Å². The molecule has 1 N–H and O–H groups in total. The van der Waals surface area contributed by atoms with Gasteiger partial charge in [-0.3, -0.25) is 4.90 Å². The molecular weight excluding hydrogens is 260 g/mol. The topological polar surface area (TPSA) is 24.5 Å². The predicted molar refractivity (Wildman–Crippen MR) is 90.7 cm³/mol. The van der Waals surface area contributed by atoms with Gasteiger partial charge in [0.15, 0.2) is 0 Å². The van der Waals surface area contributed by atoms with Gasteiger partial charge in [-0.05, 0) is 32.4 Å². The van der Waals surface area contributed by atoms with Crippen molar-refractivity contribution in [2.75, 3.05) is 26.8 Å². The summed E-state index contributed by atoms with van der Waals surface area (Å²) in [6.07, 6.45) is 1.12. The first-order valence-corrected chi connectivity index (χ1v) is 8.18. The van der Waals surface area contributed by atoms with Gasteiger partial charge in [-0.25, -0.2) is 0 Å². The molecule has 3 nitrogen and oxygen atoms in total. The third-order valence-corrected chi connectivity index (χ3v) is 4.03. The summed E-state index contributed by atoms with van der Waals surface area (Å²) in [7, 11) is 1.78. The maximum absolute atomic E-state index is 5.30. The lowest BCUT2D eigenvalue weighted by molar-refractivity contribution is 0.0756. The summed E-state index contributed by atoms with van der Waals surface area (Å²) in [4.78, 5) is 2.56. The highest BCUT2D eigenvalue weighted by Crippen LogP contribution is 2.25. The molecule has 1 rings (SSSR count). The number of methoxy groups -OCH3 is 1. The van der Waals surface area contributed by atoms with E-state index in [1.807, 2.05) is 0 Å². The van der Waals surface area contributed by atoms with Crippen LogP contribution in [0, 0.1) is 0 Å². The molecule has 0 aliphatic rings. The van der Waals surface area contributed by atoms with Crippen LogP contribution in [0.25, 0.3) is 0 Å². The van der Waals surface area contributed by atoms with E-state index in [1.54, 1.807) is 7.11 Å². The fraction of sp³-hybridized carbons (Fsp3) is 0.667. The molecule has 1 aromatic rings. The Morgan fingerprint density at radius 3 is 2.29 bits per heavy atom. The van der Waals surface area contributed by atoms with E-state index in [4.69, 9.17) is 4.74 Å². The quantitative estimate of drug-likeness (QED) is 0.714. The summed E-state index contributed by atoms with van der Waals surface area (Å²) in [5.74, 6) is 0. The number of hydrogen-bond donors (Lipinski definition) is 1. The molecule has 0 aromatic heterocycles. The second-order valence-electron chi connectivity index (χ2n) is 5.75. The fourth-order valence-electron chi connectivity index (χ4n) is 3.02. The van der Waals surface area contributed by atoms with Crippen molar-refractivity contribution >= 4 is 0 Å². The second kappa shape index (κ2) is 9.93. The predicted octanol–water partition coefficient (Wildman–Crippen LogP) is 3.47. The van der Waals surface area contributed by atoms with Gasteiger partial charge < -0.3 is 10.1 Å². The highest BCUT2D eigenvalue weighted by Gasteiger charge is 2.28. The van der Waals surface area contributed by atoms with Crippen LogP contribution >= 0.6 is 0 Å². The van der Waals surface area contributed by atoms with Crippen molar-refractivity contribution in [2.45, 2.75) is 52.2 Å². The molecule has 1 aromatic carbocycles. The van der Waals surface area contributed by atoms with E-state index in [1.165, 1.54) is 5.56 Å². The minimum absolute atomic E-state index is 0.362. The lowest BCUT2D eigenvalue weighted by Crippen LogP contribution is -2.48. The van der Waals surface area contributed by atoms with Gasteiger partial charge in [0.2, 0.25) is 0 Å². The molecule has 3 heteroatoms. The molecule has 0 aliphatic carbocycles. The lowest BCUT2D eigenvalue weighted by Gasteiger charge is -2.39. The fourth-order valence-corrected chi connectivity index (χ4v) is 3.02. The van der Waals surface area contributed by atoms with Crippen molar-refractivity contribution in [3.8, 4) is 0 Å². The smallest absolute Gasteiger partial charge is 0.0589 e. The summed E-state index contributed by atoms with van der Waals surface area (Å²) in [5, 5.41) is 3.68. The first-order chi connectivity index (χ1) is 10.2. The molecular formula is C18H32N2O. The van der Waals surface area contributed by atoms with Crippen molar-refractivity contribution in [2.24, 2.45) is 0 Å². The first kappa shape index (κ1) is 18.1. The average Bonchev–Trinajstić information content (AvgIpc) is 2.50. The summed E-state index contributed by atoms with van der Waals surface area (Å²) in [6, 6.07) is 12.1. The monoisotopic (exact) mass is 292 g/mol. The number of hydrogen-bond acceptors (Lipinski definition) is 3. The minimum atomic E-state index is 0.362. The SMILES string of the molecule is CCNC(c1ccccc1)C(CC)N(CCOC)C(C)C. The van der Waals surface area contributed by atoms with Gasteiger partial charge in [0.05, 0.1) is 6.61 Å². The number of benzene rings is 1. The van der Waals surface area contributed by atoms with Crippen LogP contribution in [0.2, 0.25) is 0 Å². The minimum Gasteiger partial charge on any atom is -0.383 e. The van der Waals surface area contributed by atoms with Crippen molar-refractivity contribution in [3.63, 3.8) is 0 Å². The molecule has 0 saturated heterocycles. The normalized spacial score (nSPS) is 14.6. The van der Waals surface area contributed by atoms with E-state index in [0.29, 0.717) is 18.1 Å². The van der Waals surface area contributed by atoms with E-state index in [9.17, 15) is 0 Å². The van der Waals surface area contributed by atoms with E-state index in [0.717, 1.165) is 26.1 Å². The Morgan fingerprint density at radius 2 is 1.81 bits per heavy atom. The lowest BCUT2D eigenvalue weighted by atomic mass is 9.95. The molecule has 0 amide bonds. The number of nitrogens with one attached hydrogen (secondary N) is 1. The number of nitrogens with zero attached hydrogens (tertiary/aromatic N) is 1. The molecule has 0 aliphatic heterocycles. The van der Waals surface area contributed by atoms with Gasteiger partial charge in [0.25, 0.3) is 0 Å². The van der Waals surface area contributed by atoms with E-state index in [2.05, 4.69) is 68.2 Å². The summed E-state index contributed by atoms with van der Waals surface area (Å²) in [5.41, 5.74) is 1.37. The first-order valence-electron chi connectivity index (χ1n) is 8.18. The average molecular weight is 292 g/mol. The second-order valence-corrected chi connectivity index (χ2v) is 5.75. The van der Waals surface area contributed by atoms with Gasteiger partial charge in [-0.2, -0.15) is 0 Å². The van der Waals surface area contributed by atoms with Gasteiger partial charge >= 0.3 is 0 Å². The van der Waals surface area contributed by atoms with Crippen LogP contribution in [0.3, 0.4) is 0 Å². The number of likely N-dealkylation sites (N-methyl/N-ethyl adjacent to an activating group) is 1. The third-order valence-electron chi connectivity index (χ3n) is 4.03. The molecule has 120 valence electrons. The zero-order valence-electron chi connectivity index (χ0n) is 14.3. The Morgan fingerprint density at radius 1 is 1.14 bits per heavy atom. The maximum atomic E-state index is 5.30. The summed E-state index contributed by atoms with van der Waals surface area (Å²) in [6.45, 7) is 11.7. The molecule has 0 saturated carbocycles. The van der Waals surface area contributed by atoms with Crippen molar-refractivity contribution in [3.05, 3.63) is 35.9 Å². The molecule has 0 heterocycles. The van der Waals surface area contributed by atoms with Gasteiger partial charge in [0, 0.05) is 31.8 Å². The summed E-state index contributed by atoms with van der Waals surface area (Å²) >= 11 is 0. The van der Waals surface area contributed by atoms with Crippen LogP contribution in [0.15, 0.2) is 30.3 Å². The van der Waals surface area contributed by atoms with E-state index in [-0.39, 0.29) is 0 Å². The van der Waals surface area contributed by atoms with Crippen molar-refractivity contribution in [1.29, 1.82) is 0 Å². The third kappa shape index (κ3) is 5.42. The molecule has 0 spiro atoms. The van der Waals surface area contributed by atoms with Gasteiger partial charge in [0.1, 0.15) is 0 Å². The molecule has 21 heavy (non-hydrogen) atoms. The number of rotatable bonds is 10. The van der Waals surface area contributed by atoms with Crippen LogP contribution in [-0.2, 0) is 4.74 Å². The molecule has 0 fully saturated rings. The molecule has 0 radical (unpaired) electrons. The maximum Gasteiger partial charge on any atom is 0.0589 e. The number of ether oxygens (including phenoxy) is 1. The van der Waals surface area contributed by atoms with Crippen LogP contribution in [0.4, 0.5) is 0 Å². The Kier molecular flexibility index (Phi) is 8.58. The Labute approximate surface area is 130 Å². The van der Waals surface area contributed by atoms with E-state index < -0.39 is 0 Å². The van der Waals surface area contributed by atoms with Crippen LogP contribution in [0.5, 0.6) is 0 Å². The Balaban J connectivity index is 2.99. The zero-order chi connectivity index (χ0) is 15.7. The van der Waals surface area contributed by atoms with Gasteiger partial charge in [-0.1, -0.05) is 44.2 Å². The standard InChI is InChI=1S/C18H32N2O/c1-6-17(20(15(3)4)13-14-21-5)18(19-7-2)16-11-9-8-10-12-16/h8-12,15,17-19H,6-7,13-14H2,1-5H3. The largest absolute Gasteiger partial charge is 0.383 e. The Hall–Kier alpha value is -0.900. The molecule has 0 bridgehead atoms. The van der Waals surface area contributed by atoms with Crippen LogP contribution < -0.4 is 5.32 Å². The Bertz CT molecular complexity index is 367. The zero-order valence-corrected chi connectivity index (χ0v) is 14.3. The highest BCUT2D eigenvalue weighted by atomic mass is 16.5. The van der Waals surface area contributed by atoms with Gasteiger partial charge in [-0.15, -0.1) is 0 Å².